The molecule has 0 atom stereocenters. The second-order valence-corrected chi connectivity index (χ2v) is 6.24. The third-order valence-electron chi connectivity index (χ3n) is 3.61. The van der Waals surface area contributed by atoms with Crippen molar-refractivity contribution in [3.05, 3.63) is 50.9 Å². The van der Waals surface area contributed by atoms with Gasteiger partial charge in [-0.05, 0) is 43.2 Å². The van der Waals surface area contributed by atoms with Gasteiger partial charge in [0.1, 0.15) is 11.2 Å². The van der Waals surface area contributed by atoms with E-state index >= 15 is 0 Å². The van der Waals surface area contributed by atoms with Crippen LogP contribution in [0.15, 0.2) is 34.4 Å². The number of aromatic hydroxyl groups is 1. The highest BCUT2D eigenvalue weighted by Gasteiger charge is 2.11. The predicted octanol–water partition coefficient (Wildman–Crippen LogP) is 2.67. The minimum Gasteiger partial charge on any atom is -0.504 e. The summed E-state index contributed by atoms with van der Waals surface area (Å²) in [6.45, 7) is 3.88. The summed E-state index contributed by atoms with van der Waals surface area (Å²) < 4.78 is 6.18. The molecular weight excluding hydrogens is 314 g/mol. The normalized spacial score (nSPS) is 11.4. The van der Waals surface area contributed by atoms with Crippen LogP contribution in [-0.4, -0.2) is 28.1 Å². The Morgan fingerprint density at radius 2 is 2.17 bits per heavy atom. The van der Waals surface area contributed by atoms with Crippen molar-refractivity contribution < 1.29 is 9.84 Å². The van der Waals surface area contributed by atoms with Crippen LogP contribution in [0.1, 0.15) is 16.0 Å². The molecule has 7 heteroatoms. The highest BCUT2D eigenvalue weighted by atomic mass is 32.1. The van der Waals surface area contributed by atoms with Crippen molar-refractivity contribution in [2.75, 3.05) is 7.11 Å². The number of aromatic nitrogens is 2. The standard InChI is InChI=1S/C16H15N3O3S/c1-9-10(2)23-15-14(9)16(21)19(8-17-15)18-7-11-4-5-13(22-3)12(20)6-11/h4-8,20H,1-3H3/b18-7-. The van der Waals surface area contributed by atoms with E-state index in [2.05, 4.69) is 10.1 Å². The molecular formula is C16H15N3O3S. The van der Waals surface area contributed by atoms with E-state index in [9.17, 15) is 9.90 Å². The van der Waals surface area contributed by atoms with Crippen molar-refractivity contribution in [1.29, 1.82) is 0 Å². The maximum atomic E-state index is 12.5. The van der Waals surface area contributed by atoms with E-state index < -0.39 is 0 Å². The van der Waals surface area contributed by atoms with Crippen LogP contribution in [0.5, 0.6) is 11.5 Å². The zero-order valence-electron chi connectivity index (χ0n) is 12.9. The van der Waals surface area contributed by atoms with Gasteiger partial charge < -0.3 is 9.84 Å². The lowest BCUT2D eigenvalue weighted by Crippen LogP contribution is -2.16. The van der Waals surface area contributed by atoms with E-state index in [0.29, 0.717) is 16.7 Å². The first kappa shape index (κ1) is 15.2. The molecule has 0 aliphatic heterocycles. The monoisotopic (exact) mass is 329 g/mol. The van der Waals surface area contributed by atoms with Gasteiger partial charge in [-0.1, -0.05) is 0 Å². The molecule has 23 heavy (non-hydrogen) atoms. The van der Waals surface area contributed by atoms with Crippen molar-refractivity contribution in [2.45, 2.75) is 13.8 Å². The molecule has 0 aliphatic carbocycles. The number of hydrogen-bond acceptors (Lipinski definition) is 6. The average molecular weight is 329 g/mol. The van der Waals surface area contributed by atoms with Gasteiger partial charge in [0, 0.05) is 4.88 Å². The maximum absolute atomic E-state index is 12.5. The SMILES string of the molecule is COc1ccc(/C=N\n2cnc3sc(C)c(C)c3c2=O)cc1O. The Labute approximate surface area is 136 Å². The van der Waals surface area contributed by atoms with Gasteiger partial charge >= 0.3 is 0 Å². The van der Waals surface area contributed by atoms with Gasteiger partial charge in [-0.2, -0.15) is 9.78 Å². The Kier molecular flexibility index (Phi) is 3.87. The third kappa shape index (κ3) is 2.70. The Morgan fingerprint density at radius 1 is 1.39 bits per heavy atom. The number of rotatable bonds is 3. The van der Waals surface area contributed by atoms with E-state index in [1.54, 1.807) is 12.1 Å². The predicted molar refractivity (Wildman–Crippen MR) is 91.0 cm³/mol. The molecule has 2 heterocycles. The number of thiophene rings is 1. The van der Waals surface area contributed by atoms with Crippen LogP contribution in [0.4, 0.5) is 0 Å². The Morgan fingerprint density at radius 3 is 2.87 bits per heavy atom. The Balaban J connectivity index is 2.01. The number of ether oxygens (including phenoxy) is 1. The molecule has 0 spiro atoms. The van der Waals surface area contributed by atoms with Crippen LogP contribution in [-0.2, 0) is 0 Å². The number of methoxy groups -OCH3 is 1. The molecule has 1 N–H and O–H groups in total. The van der Waals surface area contributed by atoms with Crippen molar-refractivity contribution in [3.63, 3.8) is 0 Å². The number of phenols is 1. The fraction of sp³-hybridized carbons (Fsp3) is 0.188. The summed E-state index contributed by atoms with van der Waals surface area (Å²) in [6.07, 6.45) is 2.89. The summed E-state index contributed by atoms with van der Waals surface area (Å²) in [6, 6.07) is 4.88. The van der Waals surface area contributed by atoms with Gasteiger partial charge in [0.25, 0.3) is 5.56 Å². The zero-order valence-corrected chi connectivity index (χ0v) is 13.7. The highest BCUT2D eigenvalue weighted by molar-refractivity contribution is 7.18. The van der Waals surface area contributed by atoms with Gasteiger partial charge in [-0.3, -0.25) is 4.79 Å². The molecule has 2 aromatic heterocycles. The minimum absolute atomic E-state index is 0.0154. The topological polar surface area (TPSA) is 76.7 Å². The van der Waals surface area contributed by atoms with E-state index in [0.717, 1.165) is 15.3 Å². The van der Waals surface area contributed by atoms with Crippen LogP contribution < -0.4 is 10.3 Å². The zero-order chi connectivity index (χ0) is 16.6. The van der Waals surface area contributed by atoms with Gasteiger partial charge in [0.15, 0.2) is 11.5 Å². The number of benzene rings is 1. The van der Waals surface area contributed by atoms with Crippen molar-refractivity contribution in [2.24, 2.45) is 5.10 Å². The molecule has 0 saturated carbocycles. The molecule has 3 rings (SSSR count). The lowest BCUT2D eigenvalue weighted by Gasteiger charge is -2.03. The number of hydrogen-bond donors (Lipinski definition) is 1. The van der Waals surface area contributed by atoms with Gasteiger partial charge in [-0.25, -0.2) is 4.98 Å². The number of nitrogens with zero attached hydrogens (tertiary/aromatic N) is 3. The number of aryl methyl sites for hydroxylation is 2. The van der Waals surface area contributed by atoms with Crippen molar-refractivity contribution in [1.82, 2.24) is 9.66 Å². The molecule has 0 saturated heterocycles. The summed E-state index contributed by atoms with van der Waals surface area (Å²) >= 11 is 1.50. The summed E-state index contributed by atoms with van der Waals surface area (Å²) in [5, 5.41) is 14.5. The Hall–Kier alpha value is -2.67. The number of phenolic OH excluding ortho intramolecular Hbond substituents is 1. The summed E-state index contributed by atoms with van der Waals surface area (Å²) in [7, 11) is 1.48. The molecule has 0 amide bonds. The van der Waals surface area contributed by atoms with Crippen LogP contribution in [0.25, 0.3) is 10.2 Å². The Bertz CT molecular complexity index is 973. The molecule has 3 aromatic rings. The first-order chi connectivity index (χ1) is 11.0. The smallest absolute Gasteiger partial charge is 0.282 e. The molecule has 0 aliphatic rings. The fourth-order valence-corrected chi connectivity index (χ4v) is 3.21. The molecule has 0 radical (unpaired) electrons. The first-order valence-electron chi connectivity index (χ1n) is 6.90. The number of fused-ring (bicyclic) bond motifs is 1. The van der Waals surface area contributed by atoms with Gasteiger partial charge in [-0.15, -0.1) is 11.3 Å². The van der Waals surface area contributed by atoms with E-state index in [1.807, 2.05) is 13.8 Å². The van der Waals surface area contributed by atoms with E-state index in [4.69, 9.17) is 4.74 Å². The van der Waals surface area contributed by atoms with Crippen LogP contribution >= 0.6 is 11.3 Å². The fourth-order valence-electron chi connectivity index (χ4n) is 2.22. The van der Waals surface area contributed by atoms with Gasteiger partial charge in [0.2, 0.25) is 0 Å². The molecule has 1 aromatic carbocycles. The highest BCUT2D eigenvalue weighted by Crippen LogP contribution is 2.26. The minimum atomic E-state index is -0.203. The second-order valence-electron chi connectivity index (χ2n) is 5.03. The van der Waals surface area contributed by atoms with Crippen LogP contribution in [0, 0.1) is 13.8 Å². The van der Waals surface area contributed by atoms with Crippen LogP contribution in [0.3, 0.4) is 0 Å². The van der Waals surface area contributed by atoms with Crippen molar-refractivity contribution >= 4 is 27.8 Å². The molecule has 118 valence electrons. The van der Waals surface area contributed by atoms with E-state index in [1.165, 1.54) is 41.7 Å². The first-order valence-corrected chi connectivity index (χ1v) is 7.71. The maximum Gasteiger partial charge on any atom is 0.282 e. The lowest BCUT2D eigenvalue weighted by atomic mass is 10.2. The quantitative estimate of drug-likeness (QED) is 0.750. The second kappa shape index (κ2) is 5.85. The largest absolute Gasteiger partial charge is 0.504 e. The molecule has 0 bridgehead atoms. The van der Waals surface area contributed by atoms with Gasteiger partial charge in [0.05, 0.1) is 18.7 Å². The third-order valence-corrected chi connectivity index (χ3v) is 4.72. The summed E-state index contributed by atoms with van der Waals surface area (Å²) in [5.41, 5.74) is 1.38. The summed E-state index contributed by atoms with van der Waals surface area (Å²) in [5.74, 6) is 0.397. The van der Waals surface area contributed by atoms with Crippen LogP contribution in [0.2, 0.25) is 0 Å². The van der Waals surface area contributed by atoms with E-state index in [-0.39, 0.29) is 11.3 Å². The summed E-state index contributed by atoms with van der Waals surface area (Å²) in [4.78, 5) is 18.6. The molecule has 0 unspecified atom stereocenters. The molecule has 6 nitrogen and oxygen atoms in total. The lowest BCUT2D eigenvalue weighted by molar-refractivity contribution is 0.373. The average Bonchev–Trinajstić information content (AvgIpc) is 2.82. The van der Waals surface area contributed by atoms with Crippen molar-refractivity contribution in [3.8, 4) is 11.5 Å². The molecule has 0 fully saturated rings.